The molecule has 0 spiro atoms. The third-order valence-corrected chi connectivity index (χ3v) is 2.70. The normalized spacial score (nSPS) is 11.3. The zero-order valence-electron chi connectivity index (χ0n) is 9.28. The van der Waals surface area contributed by atoms with Gasteiger partial charge in [0.05, 0.1) is 11.0 Å². The first-order valence-corrected chi connectivity index (χ1v) is 5.06. The van der Waals surface area contributed by atoms with Crippen LogP contribution in [0.25, 0.3) is 11.0 Å². The average molecular weight is 204 g/mol. The summed E-state index contributed by atoms with van der Waals surface area (Å²) in [6.45, 7) is 4.36. The first kappa shape index (κ1) is 9.98. The molecule has 1 aromatic heterocycles. The van der Waals surface area contributed by atoms with E-state index in [0.717, 1.165) is 11.0 Å². The SMILES string of the molecule is CC(C)c1ccc2nc(NN)n(C)c2c1. The number of hydrogen-bond donors (Lipinski definition) is 2. The lowest BCUT2D eigenvalue weighted by Gasteiger charge is -2.05. The Bertz CT molecular complexity index is 485. The molecule has 15 heavy (non-hydrogen) atoms. The number of nitrogens with two attached hydrogens (primary N) is 1. The summed E-state index contributed by atoms with van der Waals surface area (Å²) in [7, 11) is 1.95. The monoisotopic (exact) mass is 204 g/mol. The first-order chi connectivity index (χ1) is 7.13. The molecule has 1 aromatic carbocycles. The van der Waals surface area contributed by atoms with E-state index >= 15 is 0 Å². The summed E-state index contributed by atoms with van der Waals surface area (Å²) in [4.78, 5) is 4.36. The van der Waals surface area contributed by atoms with Crippen LogP contribution in [-0.2, 0) is 7.05 Å². The number of imidazole rings is 1. The molecule has 4 nitrogen and oxygen atoms in total. The van der Waals surface area contributed by atoms with Crippen LogP contribution in [0.2, 0.25) is 0 Å². The number of aryl methyl sites for hydroxylation is 1. The van der Waals surface area contributed by atoms with Crippen molar-refractivity contribution < 1.29 is 0 Å². The highest BCUT2D eigenvalue weighted by atomic mass is 15.3. The molecular formula is C11H16N4. The Kier molecular flexibility index (Phi) is 2.36. The lowest BCUT2D eigenvalue weighted by molar-refractivity contribution is 0.865. The predicted molar refractivity (Wildman–Crippen MR) is 62.6 cm³/mol. The third-order valence-electron chi connectivity index (χ3n) is 2.70. The second kappa shape index (κ2) is 3.55. The molecule has 2 aromatic rings. The summed E-state index contributed by atoms with van der Waals surface area (Å²) < 4.78 is 1.96. The molecule has 3 N–H and O–H groups in total. The lowest BCUT2D eigenvalue weighted by atomic mass is 10.0. The van der Waals surface area contributed by atoms with Crippen molar-refractivity contribution in [3.63, 3.8) is 0 Å². The van der Waals surface area contributed by atoms with E-state index in [9.17, 15) is 0 Å². The Balaban J connectivity index is 2.65. The van der Waals surface area contributed by atoms with Crippen molar-refractivity contribution in [2.45, 2.75) is 19.8 Å². The van der Waals surface area contributed by atoms with E-state index in [1.807, 2.05) is 17.7 Å². The Hall–Kier alpha value is -1.55. The van der Waals surface area contributed by atoms with Crippen molar-refractivity contribution in [1.82, 2.24) is 9.55 Å². The predicted octanol–water partition coefficient (Wildman–Crippen LogP) is 1.98. The second-order valence-electron chi connectivity index (χ2n) is 4.04. The van der Waals surface area contributed by atoms with Gasteiger partial charge in [-0.15, -0.1) is 0 Å². The van der Waals surface area contributed by atoms with Gasteiger partial charge >= 0.3 is 0 Å². The quantitative estimate of drug-likeness (QED) is 0.581. The van der Waals surface area contributed by atoms with E-state index in [4.69, 9.17) is 5.84 Å². The Morgan fingerprint density at radius 1 is 1.40 bits per heavy atom. The molecule has 0 amide bonds. The van der Waals surface area contributed by atoms with Crippen molar-refractivity contribution in [3.05, 3.63) is 23.8 Å². The molecule has 2 rings (SSSR count). The fraction of sp³-hybridized carbons (Fsp3) is 0.364. The number of rotatable bonds is 2. The van der Waals surface area contributed by atoms with Gasteiger partial charge in [0.1, 0.15) is 0 Å². The number of nitrogens with zero attached hydrogens (tertiary/aromatic N) is 2. The highest BCUT2D eigenvalue weighted by Gasteiger charge is 2.08. The lowest BCUT2D eigenvalue weighted by Crippen LogP contribution is -2.11. The van der Waals surface area contributed by atoms with Crippen LogP contribution in [0.1, 0.15) is 25.3 Å². The molecule has 80 valence electrons. The number of nitrogen functional groups attached to an aromatic ring is 1. The Morgan fingerprint density at radius 2 is 2.13 bits per heavy atom. The van der Waals surface area contributed by atoms with Crippen LogP contribution in [0.4, 0.5) is 5.95 Å². The Labute approximate surface area is 89.1 Å². The minimum Gasteiger partial charge on any atom is -0.312 e. The highest BCUT2D eigenvalue weighted by Crippen LogP contribution is 2.22. The molecule has 0 bridgehead atoms. The van der Waals surface area contributed by atoms with Gasteiger partial charge in [-0.25, -0.2) is 10.8 Å². The Morgan fingerprint density at radius 3 is 2.73 bits per heavy atom. The van der Waals surface area contributed by atoms with Gasteiger partial charge in [0.25, 0.3) is 0 Å². The molecule has 0 aliphatic heterocycles. The summed E-state index contributed by atoms with van der Waals surface area (Å²) in [6, 6.07) is 6.31. The van der Waals surface area contributed by atoms with Crippen LogP contribution < -0.4 is 11.3 Å². The highest BCUT2D eigenvalue weighted by molar-refractivity contribution is 5.79. The summed E-state index contributed by atoms with van der Waals surface area (Å²) in [6.07, 6.45) is 0. The number of nitrogens with one attached hydrogen (secondary N) is 1. The molecule has 0 radical (unpaired) electrons. The summed E-state index contributed by atoms with van der Waals surface area (Å²) in [5.41, 5.74) is 5.97. The molecule has 0 fully saturated rings. The van der Waals surface area contributed by atoms with Crippen LogP contribution in [0.5, 0.6) is 0 Å². The zero-order valence-corrected chi connectivity index (χ0v) is 9.28. The van der Waals surface area contributed by atoms with Gasteiger partial charge in [-0.05, 0) is 23.6 Å². The number of fused-ring (bicyclic) bond motifs is 1. The summed E-state index contributed by atoms with van der Waals surface area (Å²) in [5, 5.41) is 0. The maximum absolute atomic E-state index is 5.38. The number of anilines is 1. The van der Waals surface area contributed by atoms with E-state index in [1.54, 1.807) is 0 Å². The van der Waals surface area contributed by atoms with Gasteiger partial charge in [-0.1, -0.05) is 19.9 Å². The van der Waals surface area contributed by atoms with Crippen LogP contribution >= 0.6 is 0 Å². The van der Waals surface area contributed by atoms with E-state index < -0.39 is 0 Å². The number of benzene rings is 1. The fourth-order valence-electron chi connectivity index (χ4n) is 1.70. The van der Waals surface area contributed by atoms with Gasteiger partial charge in [0.2, 0.25) is 5.95 Å². The first-order valence-electron chi connectivity index (χ1n) is 5.06. The molecule has 4 heteroatoms. The maximum atomic E-state index is 5.38. The largest absolute Gasteiger partial charge is 0.312 e. The molecule has 0 saturated heterocycles. The zero-order chi connectivity index (χ0) is 11.0. The van der Waals surface area contributed by atoms with E-state index in [0.29, 0.717) is 11.9 Å². The summed E-state index contributed by atoms with van der Waals surface area (Å²) in [5.74, 6) is 6.59. The molecule has 0 aliphatic carbocycles. The molecule has 0 aliphatic rings. The van der Waals surface area contributed by atoms with Crippen LogP contribution in [0, 0.1) is 0 Å². The average Bonchev–Trinajstić information content (AvgIpc) is 2.55. The van der Waals surface area contributed by atoms with Gasteiger partial charge in [0, 0.05) is 7.05 Å². The van der Waals surface area contributed by atoms with Gasteiger partial charge < -0.3 is 4.57 Å². The molecular weight excluding hydrogens is 188 g/mol. The van der Waals surface area contributed by atoms with Crippen molar-refractivity contribution in [1.29, 1.82) is 0 Å². The van der Waals surface area contributed by atoms with E-state index in [1.165, 1.54) is 5.56 Å². The van der Waals surface area contributed by atoms with Crippen molar-refractivity contribution >= 4 is 17.0 Å². The smallest absolute Gasteiger partial charge is 0.218 e. The van der Waals surface area contributed by atoms with Gasteiger partial charge in [0.15, 0.2) is 0 Å². The number of hydrogen-bond acceptors (Lipinski definition) is 3. The van der Waals surface area contributed by atoms with E-state index in [2.05, 4.69) is 36.4 Å². The molecule has 0 unspecified atom stereocenters. The van der Waals surface area contributed by atoms with Crippen molar-refractivity contribution in [2.24, 2.45) is 12.9 Å². The van der Waals surface area contributed by atoms with E-state index in [-0.39, 0.29) is 0 Å². The second-order valence-corrected chi connectivity index (χ2v) is 4.04. The molecule has 0 saturated carbocycles. The van der Waals surface area contributed by atoms with Crippen LogP contribution in [0.15, 0.2) is 18.2 Å². The molecule has 1 heterocycles. The standard InChI is InChI=1S/C11H16N4/c1-7(2)8-4-5-9-10(6-8)15(3)11(13-9)14-12/h4-7H,12H2,1-3H3,(H,13,14). The van der Waals surface area contributed by atoms with Crippen LogP contribution in [-0.4, -0.2) is 9.55 Å². The topological polar surface area (TPSA) is 55.9 Å². The van der Waals surface area contributed by atoms with Crippen LogP contribution in [0.3, 0.4) is 0 Å². The van der Waals surface area contributed by atoms with Gasteiger partial charge in [-0.3, -0.25) is 5.43 Å². The van der Waals surface area contributed by atoms with Crippen molar-refractivity contribution in [2.75, 3.05) is 5.43 Å². The maximum Gasteiger partial charge on any atom is 0.218 e. The fourth-order valence-corrected chi connectivity index (χ4v) is 1.70. The minimum absolute atomic E-state index is 0.526. The number of aromatic nitrogens is 2. The molecule has 0 atom stereocenters. The van der Waals surface area contributed by atoms with Gasteiger partial charge in [-0.2, -0.15) is 0 Å². The third kappa shape index (κ3) is 1.57. The summed E-state index contributed by atoms with van der Waals surface area (Å²) >= 11 is 0. The minimum atomic E-state index is 0.526. The van der Waals surface area contributed by atoms with Crippen molar-refractivity contribution in [3.8, 4) is 0 Å². The number of hydrazine groups is 1.